The van der Waals surface area contributed by atoms with Crippen LogP contribution < -0.4 is 10.3 Å². The van der Waals surface area contributed by atoms with E-state index in [4.69, 9.17) is 10.00 Å². The van der Waals surface area contributed by atoms with Crippen molar-refractivity contribution in [3.05, 3.63) is 82.4 Å². The maximum absolute atomic E-state index is 13.1. The van der Waals surface area contributed by atoms with E-state index < -0.39 is 0 Å². The smallest absolute Gasteiger partial charge is 0.271 e. The minimum atomic E-state index is -0.197. The summed E-state index contributed by atoms with van der Waals surface area (Å²) in [5, 5.41) is 8.94. The van der Waals surface area contributed by atoms with Gasteiger partial charge in [0.15, 0.2) is 0 Å². The molecule has 8 nitrogen and oxygen atoms in total. The first kappa shape index (κ1) is 23.7. The Morgan fingerprint density at radius 1 is 1.08 bits per heavy atom. The Hall–Kier alpha value is -4.00. The molecule has 36 heavy (non-hydrogen) atoms. The van der Waals surface area contributed by atoms with Gasteiger partial charge in [-0.15, -0.1) is 11.3 Å². The van der Waals surface area contributed by atoms with Gasteiger partial charge in [0.05, 0.1) is 30.6 Å². The number of hydrogen-bond acceptors (Lipinski definition) is 7. The van der Waals surface area contributed by atoms with Crippen molar-refractivity contribution in [2.45, 2.75) is 13.1 Å². The summed E-state index contributed by atoms with van der Waals surface area (Å²) in [7, 11) is 1.62. The maximum Gasteiger partial charge on any atom is 0.271 e. The predicted molar refractivity (Wildman–Crippen MR) is 139 cm³/mol. The van der Waals surface area contributed by atoms with Crippen LogP contribution in [0.3, 0.4) is 0 Å². The van der Waals surface area contributed by atoms with Gasteiger partial charge in [0.1, 0.15) is 17.0 Å². The molecule has 0 spiro atoms. The third-order valence-corrected chi connectivity index (χ3v) is 7.56. The van der Waals surface area contributed by atoms with E-state index in [1.54, 1.807) is 7.11 Å². The lowest BCUT2D eigenvalue weighted by Crippen LogP contribution is -2.49. The lowest BCUT2D eigenvalue weighted by molar-refractivity contribution is -0.133. The van der Waals surface area contributed by atoms with Crippen LogP contribution in [-0.4, -0.2) is 58.5 Å². The third-order valence-electron chi connectivity index (χ3n) is 6.40. The number of methoxy groups -OCH3 is 1. The number of amides is 1. The zero-order valence-corrected chi connectivity index (χ0v) is 20.7. The van der Waals surface area contributed by atoms with Gasteiger partial charge in [0.2, 0.25) is 5.91 Å². The Morgan fingerprint density at radius 3 is 2.47 bits per heavy atom. The highest BCUT2D eigenvalue weighted by Gasteiger charge is 2.22. The molecule has 0 radical (unpaired) electrons. The summed E-state index contributed by atoms with van der Waals surface area (Å²) in [5.74, 6) is 0.692. The molecule has 2 aromatic heterocycles. The zero-order valence-electron chi connectivity index (χ0n) is 19.9. The third kappa shape index (κ3) is 5.00. The normalized spacial score (nSPS) is 14.1. The van der Waals surface area contributed by atoms with E-state index in [1.165, 1.54) is 22.2 Å². The van der Waals surface area contributed by atoms with Crippen LogP contribution in [0.15, 0.2) is 65.7 Å². The van der Waals surface area contributed by atoms with Gasteiger partial charge in [-0.1, -0.05) is 12.1 Å². The second kappa shape index (κ2) is 10.3. The second-order valence-corrected chi connectivity index (χ2v) is 9.75. The van der Waals surface area contributed by atoms with Crippen molar-refractivity contribution >= 4 is 27.5 Å². The Labute approximate surface area is 212 Å². The minimum Gasteiger partial charge on any atom is -0.497 e. The molecule has 1 aliphatic heterocycles. The van der Waals surface area contributed by atoms with Crippen LogP contribution in [0.5, 0.6) is 5.75 Å². The molecule has 0 aliphatic carbocycles. The standard InChI is InChI=1S/C27H25N5O3S/c1-35-22-8-6-21(7-9-22)24-14-23-26(36-24)27(34)32(18-29-23)17-25(33)31-12-10-30(11-13-31)16-20-4-2-19(15-28)3-5-20/h2-9,14,18H,10-13,16-17H2,1H3. The molecule has 1 aliphatic rings. The van der Waals surface area contributed by atoms with E-state index >= 15 is 0 Å². The first-order valence-electron chi connectivity index (χ1n) is 11.7. The molecule has 5 rings (SSSR count). The molecule has 0 unspecified atom stereocenters. The molecule has 0 saturated carbocycles. The first-order valence-corrected chi connectivity index (χ1v) is 12.5. The quantitative estimate of drug-likeness (QED) is 0.404. The fourth-order valence-electron chi connectivity index (χ4n) is 4.30. The number of nitriles is 1. The van der Waals surface area contributed by atoms with E-state index in [0.717, 1.165) is 41.4 Å². The number of nitrogens with zero attached hydrogens (tertiary/aromatic N) is 5. The SMILES string of the molecule is COc1ccc(-c2cc3ncn(CC(=O)N4CCN(Cc5ccc(C#N)cc5)CC4)c(=O)c3s2)cc1. The van der Waals surface area contributed by atoms with Crippen molar-refractivity contribution in [2.24, 2.45) is 0 Å². The number of fused-ring (bicyclic) bond motifs is 1. The average molecular weight is 500 g/mol. The summed E-state index contributed by atoms with van der Waals surface area (Å²) in [4.78, 5) is 35.5. The van der Waals surface area contributed by atoms with Crippen molar-refractivity contribution in [1.82, 2.24) is 19.4 Å². The lowest BCUT2D eigenvalue weighted by atomic mass is 10.1. The van der Waals surface area contributed by atoms with Crippen LogP contribution in [0.25, 0.3) is 20.7 Å². The van der Waals surface area contributed by atoms with Gasteiger partial charge in [0.25, 0.3) is 5.56 Å². The molecule has 4 aromatic rings. The van der Waals surface area contributed by atoms with Gasteiger partial charge in [-0.25, -0.2) is 4.98 Å². The average Bonchev–Trinajstić information content (AvgIpc) is 3.36. The van der Waals surface area contributed by atoms with Gasteiger partial charge in [0, 0.05) is 37.6 Å². The number of piperazine rings is 1. The van der Waals surface area contributed by atoms with Crippen LogP contribution in [0, 0.1) is 11.3 Å². The highest BCUT2D eigenvalue weighted by Crippen LogP contribution is 2.31. The van der Waals surface area contributed by atoms with E-state index in [9.17, 15) is 9.59 Å². The van der Waals surface area contributed by atoms with Gasteiger partial charge in [-0.2, -0.15) is 5.26 Å². The highest BCUT2D eigenvalue weighted by molar-refractivity contribution is 7.22. The number of carbonyl (C=O) groups is 1. The Bertz CT molecular complexity index is 1480. The Morgan fingerprint density at radius 2 is 1.81 bits per heavy atom. The van der Waals surface area contributed by atoms with Gasteiger partial charge in [-0.05, 0) is 53.6 Å². The lowest BCUT2D eigenvalue weighted by Gasteiger charge is -2.34. The molecule has 0 atom stereocenters. The summed E-state index contributed by atoms with van der Waals surface area (Å²) in [5.41, 5.74) is 3.22. The summed E-state index contributed by atoms with van der Waals surface area (Å²) in [6, 6.07) is 19.3. The van der Waals surface area contributed by atoms with E-state index in [2.05, 4.69) is 16.0 Å². The van der Waals surface area contributed by atoms with Crippen LogP contribution in [0.4, 0.5) is 0 Å². The number of benzene rings is 2. The molecule has 2 aromatic carbocycles. The molecule has 0 bridgehead atoms. The number of rotatable bonds is 6. The maximum atomic E-state index is 13.1. The number of aromatic nitrogens is 2. The number of ether oxygens (including phenoxy) is 1. The number of thiophene rings is 1. The fraction of sp³-hybridized carbons (Fsp3) is 0.259. The van der Waals surface area contributed by atoms with E-state index in [0.29, 0.717) is 28.9 Å². The topological polar surface area (TPSA) is 91.5 Å². The van der Waals surface area contributed by atoms with Crippen LogP contribution in [-0.2, 0) is 17.9 Å². The van der Waals surface area contributed by atoms with Crippen molar-refractivity contribution in [3.63, 3.8) is 0 Å². The highest BCUT2D eigenvalue weighted by atomic mass is 32.1. The van der Waals surface area contributed by atoms with Gasteiger partial charge in [-0.3, -0.25) is 19.1 Å². The summed E-state index contributed by atoms with van der Waals surface area (Å²) in [6.45, 7) is 3.50. The molecule has 3 heterocycles. The molecular weight excluding hydrogens is 474 g/mol. The Balaban J connectivity index is 1.22. The molecule has 9 heteroatoms. The zero-order chi connectivity index (χ0) is 25.1. The largest absolute Gasteiger partial charge is 0.497 e. The molecule has 1 fully saturated rings. The van der Waals surface area contributed by atoms with Crippen molar-refractivity contribution in [3.8, 4) is 22.3 Å². The molecule has 1 saturated heterocycles. The molecule has 0 N–H and O–H groups in total. The van der Waals surface area contributed by atoms with E-state index in [-0.39, 0.29) is 18.0 Å². The molecule has 182 valence electrons. The number of hydrogen-bond donors (Lipinski definition) is 0. The summed E-state index contributed by atoms with van der Waals surface area (Å²) < 4.78 is 7.17. The minimum absolute atomic E-state index is 0.0207. The van der Waals surface area contributed by atoms with Crippen molar-refractivity contribution < 1.29 is 9.53 Å². The second-order valence-electron chi connectivity index (χ2n) is 8.70. The van der Waals surface area contributed by atoms with Crippen LogP contribution in [0.1, 0.15) is 11.1 Å². The van der Waals surface area contributed by atoms with Crippen LogP contribution in [0.2, 0.25) is 0 Å². The van der Waals surface area contributed by atoms with Gasteiger partial charge >= 0.3 is 0 Å². The molecular formula is C27H25N5O3S. The number of carbonyl (C=O) groups excluding carboxylic acids is 1. The predicted octanol–water partition coefficient (Wildman–Crippen LogP) is 3.35. The van der Waals surface area contributed by atoms with Crippen molar-refractivity contribution in [1.29, 1.82) is 5.26 Å². The van der Waals surface area contributed by atoms with Crippen molar-refractivity contribution in [2.75, 3.05) is 33.3 Å². The van der Waals surface area contributed by atoms with E-state index in [1.807, 2.05) is 59.5 Å². The van der Waals surface area contributed by atoms with Crippen LogP contribution >= 0.6 is 11.3 Å². The Kier molecular flexibility index (Phi) is 6.80. The molecule has 1 amide bonds. The summed E-state index contributed by atoms with van der Waals surface area (Å²) >= 11 is 1.38. The monoisotopic (exact) mass is 499 g/mol. The van der Waals surface area contributed by atoms with Gasteiger partial charge < -0.3 is 9.64 Å². The fourth-order valence-corrected chi connectivity index (χ4v) is 5.36. The summed E-state index contributed by atoms with van der Waals surface area (Å²) in [6.07, 6.45) is 1.47. The first-order chi connectivity index (χ1) is 17.5.